The summed E-state index contributed by atoms with van der Waals surface area (Å²) in [5.41, 5.74) is 9.32. The molecule has 1 aliphatic rings. The Morgan fingerprint density at radius 2 is 2.00 bits per heavy atom. The number of H-pyrrole nitrogens is 1. The Hall–Kier alpha value is -1.62. The Labute approximate surface area is 145 Å². The Bertz CT molecular complexity index is 657. The summed E-state index contributed by atoms with van der Waals surface area (Å²) in [6.45, 7) is 8.35. The number of hydrogen-bond donors (Lipinski definition) is 2. The molecule has 0 atom stereocenters. The van der Waals surface area contributed by atoms with Crippen molar-refractivity contribution in [3.63, 3.8) is 0 Å². The average molecular weight is 329 g/mol. The van der Waals surface area contributed by atoms with Crippen molar-refractivity contribution in [3.05, 3.63) is 17.6 Å². The molecule has 132 valence electrons. The highest BCUT2D eigenvalue weighted by atomic mass is 15.2. The summed E-state index contributed by atoms with van der Waals surface area (Å²) in [6, 6.07) is 0. The Balaban J connectivity index is 1.53. The van der Waals surface area contributed by atoms with Crippen LogP contribution in [0.4, 0.5) is 5.82 Å². The SMILES string of the molecule is CCCCc1nc(N)c2[nH]cc(CCCCCN3CC(C)C3)c2n1. The molecule has 0 amide bonds. The van der Waals surface area contributed by atoms with Gasteiger partial charge in [0.15, 0.2) is 5.82 Å². The van der Waals surface area contributed by atoms with Crippen molar-refractivity contribution in [1.82, 2.24) is 19.9 Å². The zero-order valence-corrected chi connectivity index (χ0v) is 15.1. The van der Waals surface area contributed by atoms with E-state index in [4.69, 9.17) is 10.7 Å². The molecule has 1 saturated heterocycles. The van der Waals surface area contributed by atoms with Crippen LogP contribution in [0.2, 0.25) is 0 Å². The molecule has 0 radical (unpaired) electrons. The average Bonchev–Trinajstić information content (AvgIpc) is 2.94. The minimum atomic E-state index is 0.587. The molecule has 0 unspecified atom stereocenters. The van der Waals surface area contributed by atoms with Gasteiger partial charge < -0.3 is 15.6 Å². The monoisotopic (exact) mass is 329 g/mol. The largest absolute Gasteiger partial charge is 0.382 e. The van der Waals surface area contributed by atoms with Crippen LogP contribution in [0.15, 0.2) is 6.20 Å². The van der Waals surface area contributed by atoms with Gasteiger partial charge in [-0.15, -0.1) is 0 Å². The van der Waals surface area contributed by atoms with Crippen molar-refractivity contribution < 1.29 is 0 Å². The standard InChI is InChI=1S/C19H31N5/c1-3-4-9-16-22-17-15(11-21-18(17)19(20)23-16)8-6-5-7-10-24-12-14(2)13-24/h11,14,21H,3-10,12-13H2,1-2H3,(H2,20,22,23). The number of anilines is 1. The maximum Gasteiger partial charge on any atom is 0.151 e. The maximum absolute atomic E-state index is 6.10. The fourth-order valence-corrected chi connectivity index (χ4v) is 3.60. The first-order chi connectivity index (χ1) is 11.7. The quantitative estimate of drug-likeness (QED) is 0.690. The van der Waals surface area contributed by atoms with Crippen LogP contribution in [0, 0.1) is 5.92 Å². The molecule has 0 aliphatic carbocycles. The van der Waals surface area contributed by atoms with Gasteiger partial charge in [0.25, 0.3) is 0 Å². The molecule has 5 heteroatoms. The first-order valence-electron chi connectivity index (χ1n) is 9.52. The molecule has 3 heterocycles. The lowest BCUT2D eigenvalue weighted by atomic mass is 10.0. The number of aromatic nitrogens is 3. The van der Waals surface area contributed by atoms with Crippen molar-refractivity contribution >= 4 is 16.9 Å². The number of likely N-dealkylation sites (tertiary alicyclic amines) is 1. The summed E-state index contributed by atoms with van der Waals surface area (Å²) < 4.78 is 0. The van der Waals surface area contributed by atoms with Gasteiger partial charge in [-0.3, -0.25) is 0 Å². The second kappa shape index (κ2) is 7.97. The molecule has 24 heavy (non-hydrogen) atoms. The van der Waals surface area contributed by atoms with E-state index in [9.17, 15) is 0 Å². The molecule has 3 N–H and O–H groups in total. The van der Waals surface area contributed by atoms with E-state index in [1.54, 1.807) is 0 Å². The highest BCUT2D eigenvalue weighted by molar-refractivity contribution is 5.87. The molecule has 5 nitrogen and oxygen atoms in total. The van der Waals surface area contributed by atoms with Crippen LogP contribution in [0.5, 0.6) is 0 Å². The minimum Gasteiger partial charge on any atom is -0.382 e. The summed E-state index contributed by atoms with van der Waals surface area (Å²) >= 11 is 0. The number of rotatable bonds is 9. The van der Waals surface area contributed by atoms with E-state index in [1.807, 2.05) is 0 Å². The smallest absolute Gasteiger partial charge is 0.151 e. The third-order valence-corrected chi connectivity index (χ3v) is 4.99. The number of nitrogens with one attached hydrogen (secondary N) is 1. The molecule has 0 bridgehead atoms. The van der Waals surface area contributed by atoms with Crippen molar-refractivity contribution in [3.8, 4) is 0 Å². The number of unbranched alkanes of at least 4 members (excludes halogenated alkanes) is 3. The maximum atomic E-state index is 6.10. The van der Waals surface area contributed by atoms with E-state index in [0.29, 0.717) is 5.82 Å². The second-order valence-electron chi connectivity index (χ2n) is 7.34. The van der Waals surface area contributed by atoms with E-state index in [-0.39, 0.29) is 0 Å². The van der Waals surface area contributed by atoms with Crippen LogP contribution in [0.3, 0.4) is 0 Å². The van der Waals surface area contributed by atoms with E-state index in [1.165, 1.54) is 44.5 Å². The third kappa shape index (κ3) is 4.07. The number of hydrogen-bond acceptors (Lipinski definition) is 4. The van der Waals surface area contributed by atoms with Crippen molar-refractivity contribution in [2.45, 2.75) is 58.8 Å². The van der Waals surface area contributed by atoms with E-state index in [2.05, 4.69) is 34.9 Å². The van der Waals surface area contributed by atoms with Crippen LogP contribution in [-0.4, -0.2) is 39.5 Å². The number of aromatic amines is 1. The number of aryl methyl sites for hydroxylation is 2. The van der Waals surface area contributed by atoms with E-state index < -0.39 is 0 Å². The lowest BCUT2D eigenvalue weighted by Gasteiger charge is -2.37. The van der Waals surface area contributed by atoms with Crippen LogP contribution in [-0.2, 0) is 12.8 Å². The molecule has 2 aromatic rings. The van der Waals surface area contributed by atoms with Crippen molar-refractivity contribution in [1.29, 1.82) is 0 Å². The molecule has 0 saturated carbocycles. The van der Waals surface area contributed by atoms with Gasteiger partial charge in [-0.05, 0) is 43.7 Å². The summed E-state index contributed by atoms with van der Waals surface area (Å²) in [4.78, 5) is 15.0. The molecule has 1 fully saturated rings. The van der Waals surface area contributed by atoms with E-state index >= 15 is 0 Å². The van der Waals surface area contributed by atoms with Crippen LogP contribution in [0.25, 0.3) is 11.0 Å². The molecule has 1 aliphatic heterocycles. The summed E-state index contributed by atoms with van der Waals surface area (Å²) in [6.07, 6.45) is 10.1. The summed E-state index contributed by atoms with van der Waals surface area (Å²) in [5.74, 6) is 2.38. The van der Waals surface area contributed by atoms with Gasteiger partial charge in [-0.1, -0.05) is 26.7 Å². The zero-order valence-electron chi connectivity index (χ0n) is 15.1. The predicted octanol–water partition coefficient (Wildman–Crippen LogP) is 3.55. The van der Waals surface area contributed by atoms with Gasteiger partial charge in [0.05, 0.1) is 5.52 Å². The van der Waals surface area contributed by atoms with Gasteiger partial charge in [-0.25, -0.2) is 9.97 Å². The summed E-state index contributed by atoms with van der Waals surface area (Å²) in [7, 11) is 0. The fraction of sp³-hybridized carbons (Fsp3) is 0.684. The van der Waals surface area contributed by atoms with Gasteiger partial charge in [0.1, 0.15) is 11.3 Å². The summed E-state index contributed by atoms with van der Waals surface area (Å²) in [5, 5.41) is 0. The molecule has 2 aromatic heterocycles. The van der Waals surface area contributed by atoms with Gasteiger partial charge in [0.2, 0.25) is 0 Å². The number of nitrogen functional groups attached to an aromatic ring is 1. The minimum absolute atomic E-state index is 0.587. The third-order valence-electron chi connectivity index (χ3n) is 4.99. The molecule has 3 rings (SSSR count). The van der Waals surface area contributed by atoms with Crippen molar-refractivity contribution in [2.75, 3.05) is 25.4 Å². The number of fused-ring (bicyclic) bond motifs is 1. The van der Waals surface area contributed by atoms with Crippen molar-refractivity contribution in [2.24, 2.45) is 5.92 Å². The van der Waals surface area contributed by atoms with E-state index in [0.717, 1.165) is 48.5 Å². The normalized spacial score (nSPS) is 15.9. The highest BCUT2D eigenvalue weighted by Gasteiger charge is 2.21. The van der Waals surface area contributed by atoms with Crippen LogP contribution >= 0.6 is 0 Å². The van der Waals surface area contributed by atoms with Gasteiger partial charge in [0, 0.05) is 25.7 Å². The highest BCUT2D eigenvalue weighted by Crippen LogP contribution is 2.23. The Kier molecular flexibility index (Phi) is 5.72. The fourth-order valence-electron chi connectivity index (χ4n) is 3.60. The second-order valence-corrected chi connectivity index (χ2v) is 7.34. The molecule has 0 aromatic carbocycles. The molecular formula is C19H31N5. The van der Waals surface area contributed by atoms with Gasteiger partial charge >= 0.3 is 0 Å². The van der Waals surface area contributed by atoms with Crippen LogP contribution in [0.1, 0.15) is 57.3 Å². The predicted molar refractivity (Wildman–Crippen MR) is 100 cm³/mol. The molecular weight excluding hydrogens is 298 g/mol. The topological polar surface area (TPSA) is 70.8 Å². The Morgan fingerprint density at radius 1 is 1.17 bits per heavy atom. The van der Waals surface area contributed by atoms with Gasteiger partial charge in [-0.2, -0.15) is 0 Å². The zero-order chi connectivity index (χ0) is 16.9. The first-order valence-corrected chi connectivity index (χ1v) is 9.52. The number of nitrogens with two attached hydrogens (primary N) is 1. The number of nitrogens with zero attached hydrogens (tertiary/aromatic N) is 3. The Morgan fingerprint density at radius 3 is 2.75 bits per heavy atom. The lowest BCUT2D eigenvalue weighted by Crippen LogP contribution is -2.45. The lowest BCUT2D eigenvalue weighted by molar-refractivity contribution is 0.111. The molecule has 0 spiro atoms. The first kappa shape index (κ1) is 17.2. The van der Waals surface area contributed by atoms with Crippen LogP contribution < -0.4 is 5.73 Å².